The van der Waals surface area contributed by atoms with Gasteiger partial charge in [0.2, 0.25) is 0 Å². The van der Waals surface area contributed by atoms with E-state index in [0.29, 0.717) is 11.6 Å². The van der Waals surface area contributed by atoms with Gasteiger partial charge in [0.05, 0.1) is 19.7 Å². The van der Waals surface area contributed by atoms with E-state index in [4.69, 9.17) is 16.3 Å². The lowest BCUT2D eigenvalue weighted by Gasteiger charge is -2.28. The van der Waals surface area contributed by atoms with Gasteiger partial charge in [0.1, 0.15) is 5.75 Å². The Labute approximate surface area is 123 Å². The quantitative estimate of drug-likeness (QED) is 0.920. The number of piperazine rings is 1. The first-order valence-corrected chi connectivity index (χ1v) is 7.15. The third-order valence-corrected chi connectivity index (χ3v) is 4.14. The smallest absolute Gasteiger partial charge is 0.320 e. The van der Waals surface area contributed by atoms with Crippen LogP contribution in [0, 0.1) is 0 Å². The van der Waals surface area contributed by atoms with Crippen LogP contribution >= 0.6 is 11.6 Å². The van der Waals surface area contributed by atoms with Gasteiger partial charge in [0, 0.05) is 36.8 Å². The highest BCUT2D eigenvalue weighted by Gasteiger charge is 2.38. The lowest BCUT2D eigenvalue weighted by atomic mass is 10.2. The highest BCUT2D eigenvalue weighted by atomic mass is 35.5. The maximum atomic E-state index is 12.4. The third kappa shape index (κ3) is 2.43. The molecule has 0 saturated carbocycles. The summed E-state index contributed by atoms with van der Waals surface area (Å²) in [6.07, 6.45) is 0. The number of ether oxygens (including phenoxy) is 1. The maximum Gasteiger partial charge on any atom is 0.320 e. The molecule has 2 saturated heterocycles. The van der Waals surface area contributed by atoms with E-state index in [1.807, 2.05) is 21.9 Å². The second kappa shape index (κ2) is 5.50. The molecule has 1 N–H and O–H groups in total. The molecule has 0 radical (unpaired) electrons. The molecular formula is C14H18ClN3O2. The number of amides is 2. The fourth-order valence-electron chi connectivity index (χ4n) is 2.90. The van der Waals surface area contributed by atoms with Crippen LogP contribution in [-0.4, -0.2) is 55.2 Å². The van der Waals surface area contributed by atoms with E-state index in [9.17, 15) is 4.79 Å². The van der Waals surface area contributed by atoms with E-state index in [-0.39, 0.29) is 12.1 Å². The fraction of sp³-hybridized carbons (Fsp3) is 0.500. The number of rotatable bonds is 3. The van der Waals surface area contributed by atoms with E-state index < -0.39 is 0 Å². The summed E-state index contributed by atoms with van der Waals surface area (Å²) in [7, 11) is 1.63. The van der Waals surface area contributed by atoms with Gasteiger partial charge in [-0.1, -0.05) is 11.6 Å². The van der Waals surface area contributed by atoms with Crippen LogP contribution in [-0.2, 0) is 6.54 Å². The van der Waals surface area contributed by atoms with Crippen molar-refractivity contribution in [2.45, 2.75) is 12.6 Å². The van der Waals surface area contributed by atoms with E-state index in [1.54, 1.807) is 13.2 Å². The monoisotopic (exact) mass is 295 g/mol. The van der Waals surface area contributed by atoms with Crippen molar-refractivity contribution in [1.82, 2.24) is 15.1 Å². The Morgan fingerprint density at radius 3 is 3.10 bits per heavy atom. The molecule has 2 amide bonds. The van der Waals surface area contributed by atoms with Crippen LogP contribution < -0.4 is 10.1 Å². The second-order valence-corrected chi connectivity index (χ2v) is 5.61. The van der Waals surface area contributed by atoms with Gasteiger partial charge in [-0.15, -0.1) is 0 Å². The molecule has 5 nitrogen and oxygen atoms in total. The molecular weight excluding hydrogens is 278 g/mol. The lowest BCUT2D eigenvalue weighted by molar-refractivity contribution is 0.178. The van der Waals surface area contributed by atoms with E-state index in [0.717, 1.165) is 37.5 Å². The molecule has 2 heterocycles. The number of urea groups is 1. The van der Waals surface area contributed by atoms with Crippen molar-refractivity contribution >= 4 is 17.6 Å². The highest BCUT2D eigenvalue weighted by molar-refractivity contribution is 6.30. The number of nitrogens with one attached hydrogen (secondary N) is 1. The molecule has 0 aromatic heterocycles. The van der Waals surface area contributed by atoms with Gasteiger partial charge < -0.3 is 19.9 Å². The molecule has 0 spiro atoms. The molecule has 1 atom stereocenters. The summed E-state index contributed by atoms with van der Waals surface area (Å²) >= 11 is 6.04. The predicted octanol–water partition coefficient (Wildman–Crippen LogP) is 1.56. The molecule has 6 heteroatoms. The van der Waals surface area contributed by atoms with Gasteiger partial charge in [-0.05, 0) is 18.2 Å². The SMILES string of the molecule is COc1ccc(Cl)cc1CN1CC2CNCCN2C1=O. The average Bonchev–Trinajstić information content (AvgIpc) is 2.76. The molecule has 1 unspecified atom stereocenters. The molecule has 20 heavy (non-hydrogen) atoms. The Morgan fingerprint density at radius 2 is 2.35 bits per heavy atom. The van der Waals surface area contributed by atoms with Crippen molar-refractivity contribution in [3.05, 3.63) is 28.8 Å². The number of halogens is 1. The number of carbonyl (C=O) groups is 1. The number of hydrogen-bond donors (Lipinski definition) is 1. The number of fused-ring (bicyclic) bond motifs is 1. The Balaban J connectivity index is 1.78. The van der Waals surface area contributed by atoms with Crippen molar-refractivity contribution in [2.24, 2.45) is 0 Å². The third-order valence-electron chi connectivity index (χ3n) is 3.90. The van der Waals surface area contributed by atoms with Crippen molar-refractivity contribution in [3.63, 3.8) is 0 Å². The highest BCUT2D eigenvalue weighted by Crippen LogP contribution is 2.27. The molecule has 3 rings (SSSR count). The van der Waals surface area contributed by atoms with E-state index in [1.165, 1.54) is 0 Å². The van der Waals surface area contributed by atoms with Gasteiger partial charge in [0.25, 0.3) is 0 Å². The molecule has 0 bridgehead atoms. The van der Waals surface area contributed by atoms with Crippen LogP contribution in [0.5, 0.6) is 5.75 Å². The maximum absolute atomic E-state index is 12.4. The van der Waals surface area contributed by atoms with E-state index >= 15 is 0 Å². The summed E-state index contributed by atoms with van der Waals surface area (Å²) in [5.74, 6) is 0.769. The summed E-state index contributed by atoms with van der Waals surface area (Å²) in [6, 6.07) is 5.89. The Hall–Kier alpha value is -1.46. The van der Waals surface area contributed by atoms with Crippen LogP contribution in [0.25, 0.3) is 0 Å². The predicted molar refractivity (Wildman–Crippen MR) is 77.2 cm³/mol. The number of nitrogens with zero attached hydrogens (tertiary/aromatic N) is 2. The molecule has 0 aliphatic carbocycles. The topological polar surface area (TPSA) is 44.8 Å². The number of benzene rings is 1. The Morgan fingerprint density at radius 1 is 1.50 bits per heavy atom. The average molecular weight is 296 g/mol. The summed E-state index contributed by atoms with van der Waals surface area (Å²) in [4.78, 5) is 16.2. The lowest BCUT2D eigenvalue weighted by Crippen LogP contribution is -2.49. The molecule has 1 aromatic rings. The minimum Gasteiger partial charge on any atom is -0.496 e. The van der Waals surface area contributed by atoms with Crippen LogP contribution in [0.15, 0.2) is 18.2 Å². The minimum atomic E-state index is 0.110. The van der Waals surface area contributed by atoms with Crippen molar-refractivity contribution in [3.8, 4) is 5.75 Å². The van der Waals surface area contributed by atoms with Crippen molar-refractivity contribution in [1.29, 1.82) is 0 Å². The zero-order valence-corrected chi connectivity index (χ0v) is 12.2. The van der Waals surface area contributed by atoms with Gasteiger partial charge in [-0.2, -0.15) is 0 Å². The van der Waals surface area contributed by atoms with Crippen molar-refractivity contribution < 1.29 is 9.53 Å². The number of carbonyl (C=O) groups excluding carboxylic acids is 1. The second-order valence-electron chi connectivity index (χ2n) is 5.17. The summed E-state index contributed by atoms with van der Waals surface area (Å²) in [5.41, 5.74) is 0.946. The molecule has 1 aromatic carbocycles. The molecule has 108 valence electrons. The summed E-state index contributed by atoms with van der Waals surface area (Å²) in [5, 5.41) is 3.99. The molecule has 2 fully saturated rings. The Bertz CT molecular complexity index is 523. The zero-order chi connectivity index (χ0) is 14.1. The summed E-state index contributed by atoms with van der Waals surface area (Å²) < 4.78 is 5.34. The standard InChI is InChI=1S/C14H18ClN3O2/c1-20-13-3-2-11(15)6-10(13)8-17-9-12-7-16-4-5-18(12)14(17)19/h2-3,6,12,16H,4-5,7-9H2,1H3. The first-order chi connectivity index (χ1) is 9.69. The fourth-order valence-corrected chi connectivity index (χ4v) is 3.09. The molecule has 2 aliphatic rings. The minimum absolute atomic E-state index is 0.110. The Kier molecular flexibility index (Phi) is 3.72. The van der Waals surface area contributed by atoms with Crippen LogP contribution in [0.2, 0.25) is 5.02 Å². The van der Waals surface area contributed by atoms with E-state index in [2.05, 4.69) is 5.32 Å². The van der Waals surface area contributed by atoms with Gasteiger partial charge in [0.15, 0.2) is 0 Å². The zero-order valence-electron chi connectivity index (χ0n) is 11.4. The first-order valence-electron chi connectivity index (χ1n) is 6.77. The van der Waals surface area contributed by atoms with Crippen LogP contribution in [0.1, 0.15) is 5.56 Å². The number of hydrogen-bond acceptors (Lipinski definition) is 3. The molecule has 2 aliphatic heterocycles. The van der Waals surface area contributed by atoms with Crippen LogP contribution in [0.4, 0.5) is 4.79 Å². The van der Waals surface area contributed by atoms with Gasteiger partial charge in [-0.3, -0.25) is 0 Å². The first kappa shape index (κ1) is 13.5. The largest absolute Gasteiger partial charge is 0.496 e. The van der Waals surface area contributed by atoms with Crippen molar-refractivity contribution in [2.75, 3.05) is 33.3 Å². The van der Waals surface area contributed by atoms with Gasteiger partial charge >= 0.3 is 6.03 Å². The number of methoxy groups -OCH3 is 1. The summed E-state index contributed by atoms with van der Waals surface area (Å²) in [6.45, 7) is 3.81. The normalized spacial score (nSPS) is 22.1. The van der Waals surface area contributed by atoms with Crippen LogP contribution in [0.3, 0.4) is 0 Å². The van der Waals surface area contributed by atoms with Gasteiger partial charge in [-0.25, -0.2) is 4.79 Å².